The molecule has 2 rings (SSSR count). The van der Waals surface area contributed by atoms with Crippen LogP contribution in [0.1, 0.15) is 11.3 Å². The lowest BCUT2D eigenvalue weighted by atomic mass is 10.1. The second kappa shape index (κ2) is 3.92. The number of carbonyl (C=O) groups excluding carboxylic acids is 2. The number of carbonyl (C=O) groups is 2. The zero-order valence-electron chi connectivity index (χ0n) is 7.68. The van der Waals surface area contributed by atoms with Gasteiger partial charge in [-0.1, -0.05) is 6.07 Å². The molecule has 1 atom stereocenters. The molecule has 14 heavy (non-hydrogen) atoms. The molecule has 0 saturated carbocycles. The summed E-state index contributed by atoms with van der Waals surface area (Å²) in [4.78, 5) is 24.9. The number of hydrogen-bond donors (Lipinski definition) is 0. The first-order valence-electron chi connectivity index (χ1n) is 4.55. The third-order valence-electron chi connectivity index (χ3n) is 2.36. The second-order valence-electron chi connectivity index (χ2n) is 3.45. The maximum Gasteiger partial charge on any atom is 0.223 e. The third kappa shape index (κ3) is 1.85. The van der Waals surface area contributed by atoms with E-state index in [4.69, 9.17) is 0 Å². The van der Waals surface area contributed by atoms with Gasteiger partial charge in [-0.25, -0.2) is 0 Å². The smallest absolute Gasteiger partial charge is 0.223 e. The van der Waals surface area contributed by atoms with E-state index in [0.29, 0.717) is 19.5 Å². The Hall–Kier alpha value is -1.16. The fourth-order valence-electron chi connectivity index (χ4n) is 1.64. The van der Waals surface area contributed by atoms with Crippen LogP contribution in [0.3, 0.4) is 0 Å². The van der Waals surface area contributed by atoms with E-state index in [0.717, 1.165) is 6.29 Å². The van der Waals surface area contributed by atoms with Crippen molar-refractivity contribution < 1.29 is 9.59 Å². The van der Waals surface area contributed by atoms with Gasteiger partial charge in [-0.05, 0) is 11.4 Å². The van der Waals surface area contributed by atoms with E-state index >= 15 is 0 Å². The molecule has 0 aromatic carbocycles. The summed E-state index contributed by atoms with van der Waals surface area (Å²) in [7, 11) is 0. The van der Waals surface area contributed by atoms with Gasteiger partial charge in [0.05, 0.1) is 6.54 Å². The monoisotopic (exact) mass is 209 g/mol. The van der Waals surface area contributed by atoms with Crippen LogP contribution < -0.4 is 0 Å². The van der Waals surface area contributed by atoms with Gasteiger partial charge in [-0.15, -0.1) is 11.3 Å². The van der Waals surface area contributed by atoms with Crippen LogP contribution in [0.2, 0.25) is 0 Å². The highest BCUT2D eigenvalue weighted by Gasteiger charge is 2.28. The molecule has 1 aromatic heterocycles. The van der Waals surface area contributed by atoms with Crippen molar-refractivity contribution >= 4 is 23.5 Å². The highest BCUT2D eigenvalue weighted by Crippen LogP contribution is 2.20. The first-order chi connectivity index (χ1) is 6.79. The first kappa shape index (κ1) is 9.40. The molecule has 1 aliphatic rings. The fraction of sp³-hybridized carbons (Fsp3) is 0.400. The maximum atomic E-state index is 11.4. The van der Waals surface area contributed by atoms with Gasteiger partial charge in [-0.2, -0.15) is 0 Å². The van der Waals surface area contributed by atoms with Gasteiger partial charge in [0.25, 0.3) is 0 Å². The Balaban J connectivity index is 1.99. The van der Waals surface area contributed by atoms with Crippen LogP contribution in [-0.2, 0) is 16.1 Å². The summed E-state index contributed by atoms with van der Waals surface area (Å²) in [6.45, 7) is 1.24. The predicted octanol–water partition coefficient (Wildman–Crippen LogP) is 1.30. The molecular weight excluding hydrogens is 198 g/mol. The van der Waals surface area contributed by atoms with Gasteiger partial charge < -0.3 is 9.69 Å². The second-order valence-corrected chi connectivity index (χ2v) is 4.49. The Morgan fingerprint density at radius 2 is 2.50 bits per heavy atom. The van der Waals surface area contributed by atoms with Crippen LogP contribution in [0.5, 0.6) is 0 Å². The molecule has 3 nitrogen and oxygen atoms in total. The van der Waals surface area contributed by atoms with Crippen molar-refractivity contribution in [2.75, 3.05) is 6.54 Å². The molecule has 74 valence electrons. The Labute approximate surface area is 86.3 Å². The van der Waals surface area contributed by atoms with E-state index in [2.05, 4.69) is 0 Å². The molecule has 1 fully saturated rings. The molecular formula is C10H11NO2S. The molecule has 0 spiro atoms. The Morgan fingerprint density at radius 3 is 3.07 bits per heavy atom. The lowest BCUT2D eigenvalue weighted by molar-refractivity contribution is -0.128. The van der Waals surface area contributed by atoms with Crippen LogP contribution in [0, 0.1) is 5.92 Å². The van der Waals surface area contributed by atoms with Crippen LogP contribution in [0.25, 0.3) is 0 Å². The number of hydrogen-bond acceptors (Lipinski definition) is 3. The number of amides is 1. The van der Waals surface area contributed by atoms with Crippen molar-refractivity contribution in [3.8, 4) is 0 Å². The summed E-state index contributed by atoms with van der Waals surface area (Å²) >= 11 is 1.64. The zero-order chi connectivity index (χ0) is 9.97. The summed E-state index contributed by atoms with van der Waals surface area (Å²) < 4.78 is 0. The normalized spacial score (nSPS) is 21.6. The lowest BCUT2D eigenvalue weighted by Crippen LogP contribution is -2.24. The summed E-state index contributed by atoms with van der Waals surface area (Å²) in [5.74, 6) is -0.00189. The van der Waals surface area contributed by atoms with E-state index < -0.39 is 0 Å². The van der Waals surface area contributed by atoms with E-state index in [1.54, 1.807) is 16.2 Å². The van der Waals surface area contributed by atoms with Gasteiger partial charge in [0.1, 0.15) is 6.29 Å². The Kier molecular flexibility index (Phi) is 2.63. The van der Waals surface area contributed by atoms with Crippen molar-refractivity contribution in [3.63, 3.8) is 0 Å². The van der Waals surface area contributed by atoms with E-state index in [9.17, 15) is 9.59 Å². The molecule has 2 heterocycles. The zero-order valence-corrected chi connectivity index (χ0v) is 8.50. The summed E-state index contributed by atoms with van der Waals surface area (Å²) in [5, 5.41) is 1.99. The molecule has 1 aromatic rings. The van der Waals surface area contributed by atoms with Crippen LogP contribution in [-0.4, -0.2) is 23.6 Å². The average molecular weight is 209 g/mol. The molecule has 1 aliphatic heterocycles. The number of nitrogens with zero attached hydrogens (tertiary/aromatic N) is 1. The Bertz CT molecular complexity index is 334. The third-order valence-corrected chi connectivity index (χ3v) is 3.22. The van der Waals surface area contributed by atoms with Crippen molar-refractivity contribution in [1.82, 2.24) is 4.90 Å². The van der Waals surface area contributed by atoms with Crippen LogP contribution in [0.4, 0.5) is 0 Å². The van der Waals surface area contributed by atoms with Gasteiger partial charge in [0, 0.05) is 23.8 Å². The van der Waals surface area contributed by atoms with Crippen LogP contribution in [0.15, 0.2) is 17.5 Å². The molecule has 0 N–H and O–H groups in total. The van der Waals surface area contributed by atoms with Gasteiger partial charge in [0.2, 0.25) is 5.91 Å². The van der Waals surface area contributed by atoms with E-state index in [1.165, 1.54) is 4.88 Å². The fourth-order valence-corrected chi connectivity index (χ4v) is 2.36. The minimum absolute atomic E-state index is 0.0931. The minimum Gasteiger partial charge on any atom is -0.337 e. The van der Waals surface area contributed by atoms with Crippen molar-refractivity contribution in [1.29, 1.82) is 0 Å². The molecule has 1 saturated heterocycles. The van der Waals surface area contributed by atoms with Gasteiger partial charge >= 0.3 is 0 Å². The molecule has 1 amide bonds. The number of likely N-dealkylation sites (tertiary alicyclic amines) is 1. The first-order valence-corrected chi connectivity index (χ1v) is 5.43. The van der Waals surface area contributed by atoms with E-state index in [-0.39, 0.29) is 11.8 Å². The van der Waals surface area contributed by atoms with Gasteiger partial charge in [0.15, 0.2) is 0 Å². The molecule has 1 unspecified atom stereocenters. The topological polar surface area (TPSA) is 37.4 Å². The van der Waals surface area contributed by atoms with Gasteiger partial charge in [-0.3, -0.25) is 4.79 Å². The largest absolute Gasteiger partial charge is 0.337 e. The maximum absolute atomic E-state index is 11.4. The standard InChI is InChI=1S/C10H11NO2S/c12-7-8-4-10(13)11(5-8)6-9-2-1-3-14-9/h1-3,7-8H,4-6H2. The minimum atomic E-state index is -0.0949. The average Bonchev–Trinajstić information content (AvgIpc) is 2.78. The highest BCUT2D eigenvalue weighted by atomic mass is 32.1. The van der Waals surface area contributed by atoms with Crippen molar-refractivity contribution in [3.05, 3.63) is 22.4 Å². The lowest BCUT2D eigenvalue weighted by Gasteiger charge is -2.13. The van der Waals surface area contributed by atoms with E-state index in [1.807, 2.05) is 17.5 Å². The number of thiophene rings is 1. The van der Waals surface area contributed by atoms with Crippen molar-refractivity contribution in [2.24, 2.45) is 5.92 Å². The molecule has 0 radical (unpaired) electrons. The number of aldehydes is 1. The predicted molar refractivity (Wildman–Crippen MR) is 53.9 cm³/mol. The summed E-state index contributed by atoms with van der Waals surface area (Å²) in [5.41, 5.74) is 0. The SMILES string of the molecule is O=CC1CC(=O)N(Cc2cccs2)C1. The van der Waals surface area contributed by atoms with Crippen LogP contribution >= 0.6 is 11.3 Å². The number of rotatable bonds is 3. The Morgan fingerprint density at radius 1 is 1.64 bits per heavy atom. The molecule has 0 bridgehead atoms. The summed E-state index contributed by atoms with van der Waals surface area (Å²) in [6.07, 6.45) is 1.27. The van der Waals surface area contributed by atoms with Crippen molar-refractivity contribution in [2.45, 2.75) is 13.0 Å². The highest BCUT2D eigenvalue weighted by molar-refractivity contribution is 7.09. The molecule has 4 heteroatoms. The quantitative estimate of drug-likeness (QED) is 0.703. The molecule has 0 aliphatic carbocycles. The summed E-state index contributed by atoms with van der Waals surface area (Å²) in [6, 6.07) is 3.98.